The second-order valence-corrected chi connectivity index (χ2v) is 8.34. The maximum absolute atomic E-state index is 14.3. The lowest BCUT2D eigenvalue weighted by molar-refractivity contribution is -0.133. The Balaban J connectivity index is 1.62. The number of benzene rings is 3. The molecule has 0 aromatic heterocycles. The number of carbonyl (C=O) groups is 2. The summed E-state index contributed by atoms with van der Waals surface area (Å²) in [6.45, 7) is 0.0729. The Bertz CT molecular complexity index is 1230. The van der Waals surface area contributed by atoms with E-state index in [1.54, 1.807) is 13.2 Å². The fourth-order valence-electron chi connectivity index (χ4n) is 4.13. The summed E-state index contributed by atoms with van der Waals surface area (Å²) >= 11 is 0. The number of hydrogen-bond donors (Lipinski definition) is 0. The van der Waals surface area contributed by atoms with Gasteiger partial charge in [0.05, 0.1) is 31.0 Å². The molecule has 36 heavy (non-hydrogen) atoms. The van der Waals surface area contributed by atoms with Gasteiger partial charge in [0.25, 0.3) is 11.8 Å². The monoisotopic (exact) mass is 489 g/mol. The van der Waals surface area contributed by atoms with Crippen LogP contribution in [0.3, 0.4) is 0 Å². The summed E-state index contributed by atoms with van der Waals surface area (Å²) in [6, 6.07) is 22.5. The largest absolute Gasteiger partial charge is 0.497 e. The quantitative estimate of drug-likeness (QED) is 0.449. The Morgan fingerprint density at radius 2 is 1.69 bits per heavy atom. The Labute approximate surface area is 209 Å². The van der Waals surface area contributed by atoms with Crippen molar-refractivity contribution in [2.45, 2.75) is 12.5 Å². The third-order valence-corrected chi connectivity index (χ3v) is 6.06. The van der Waals surface area contributed by atoms with Gasteiger partial charge in [0.1, 0.15) is 18.1 Å². The van der Waals surface area contributed by atoms with Gasteiger partial charge in [0.15, 0.2) is 0 Å². The highest BCUT2D eigenvalue weighted by molar-refractivity contribution is 6.03. The van der Waals surface area contributed by atoms with Crippen molar-refractivity contribution in [3.8, 4) is 5.75 Å². The number of amides is 2. The van der Waals surface area contributed by atoms with Crippen LogP contribution in [0.5, 0.6) is 5.75 Å². The van der Waals surface area contributed by atoms with Gasteiger partial charge in [-0.2, -0.15) is 5.10 Å². The number of hydrazone groups is 1. The summed E-state index contributed by atoms with van der Waals surface area (Å²) in [5.41, 5.74) is 2.47. The molecule has 0 spiro atoms. The van der Waals surface area contributed by atoms with E-state index in [-0.39, 0.29) is 37.2 Å². The lowest BCUT2D eigenvalue weighted by atomic mass is 9.98. The van der Waals surface area contributed by atoms with Crippen LogP contribution in [0.4, 0.5) is 4.39 Å². The van der Waals surface area contributed by atoms with E-state index in [2.05, 4.69) is 5.10 Å². The van der Waals surface area contributed by atoms with Gasteiger partial charge >= 0.3 is 0 Å². The second-order valence-electron chi connectivity index (χ2n) is 8.34. The minimum atomic E-state index is -0.638. The topological polar surface area (TPSA) is 71.4 Å². The van der Waals surface area contributed by atoms with E-state index in [1.807, 2.05) is 54.6 Å². The van der Waals surface area contributed by atoms with E-state index in [0.29, 0.717) is 6.42 Å². The molecule has 0 saturated carbocycles. The number of nitrogens with zero attached hydrogens (tertiary/aromatic N) is 3. The van der Waals surface area contributed by atoms with Crippen LogP contribution in [0.25, 0.3) is 0 Å². The van der Waals surface area contributed by atoms with Crippen LogP contribution in [0.2, 0.25) is 0 Å². The first-order chi connectivity index (χ1) is 17.5. The van der Waals surface area contributed by atoms with Gasteiger partial charge in [-0.25, -0.2) is 9.40 Å². The van der Waals surface area contributed by atoms with Crippen molar-refractivity contribution in [1.82, 2.24) is 9.91 Å². The van der Waals surface area contributed by atoms with E-state index in [4.69, 9.17) is 9.47 Å². The second kappa shape index (κ2) is 11.6. The molecule has 3 aromatic carbocycles. The minimum absolute atomic E-state index is 0.0927. The highest BCUT2D eigenvalue weighted by atomic mass is 19.1. The summed E-state index contributed by atoms with van der Waals surface area (Å²) in [5, 5.41) is 6.10. The zero-order valence-electron chi connectivity index (χ0n) is 20.3. The van der Waals surface area contributed by atoms with E-state index in [1.165, 1.54) is 35.2 Å². The van der Waals surface area contributed by atoms with E-state index in [9.17, 15) is 14.0 Å². The van der Waals surface area contributed by atoms with Crippen LogP contribution in [-0.4, -0.2) is 61.4 Å². The smallest absolute Gasteiger partial charge is 0.262 e. The molecule has 1 atom stereocenters. The third kappa shape index (κ3) is 5.60. The molecule has 1 aliphatic heterocycles. The molecule has 0 unspecified atom stereocenters. The van der Waals surface area contributed by atoms with Crippen molar-refractivity contribution in [1.29, 1.82) is 0 Å². The Kier molecular flexibility index (Phi) is 8.07. The number of carbonyl (C=O) groups excluding carboxylic acids is 2. The summed E-state index contributed by atoms with van der Waals surface area (Å²) in [5.74, 6) is -0.854. The van der Waals surface area contributed by atoms with Gasteiger partial charge in [-0.15, -0.1) is 0 Å². The molecule has 8 heteroatoms. The number of hydrogen-bond acceptors (Lipinski definition) is 5. The fourth-order valence-corrected chi connectivity index (χ4v) is 4.13. The average Bonchev–Trinajstić information content (AvgIpc) is 3.37. The molecule has 0 N–H and O–H groups in total. The van der Waals surface area contributed by atoms with Gasteiger partial charge in [-0.1, -0.05) is 42.5 Å². The highest BCUT2D eigenvalue weighted by Gasteiger charge is 2.34. The van der Waals surface area contributed by atoms with Crippen molar-refractivity contribution in [3.63, 3.8) is 0 Å². The predicted molar refractivity (Wildman–Crippen MR) is 134 cm³/mol. The summed E-state index contributed by atoms with van der Waals surface area (Å²) in [4.78, 5) is 28.0. The van der Waals surface area contributed by atoms with Crippen LogP contribution >= 0.6 is 0 Å². The van der Waals surface area contributed by atoms with Crippen LogP contribution in [0.15, 0.2) is 84.0 Å². The molecule has 0 bridgehead atoms. The van der Waals surface area contributed by atoms with Gasteiger partial charge in [0.2, 0.25) is 0 Å². The Morgan fingerprint density at radius 3 is 2.36 bits per heavy atom. The summed E-state index contributed by atoms with van der Waals surface area (Å²) in [6.07, 6.45) is 0.515. The Hall–Kier alpha value is -4.04. The first-order valence-corrected chi connectivity index (χ1v) is 11.6. The predicted octanol–water partition coefficient (Wildman–Crippen LogP) is 4.30. The van der Waals surface area contributed by atoms with Crippen LogP contribution < -0.4 is 4.74 Å². The zero-order valence-corrected chi connectivity index (χ0v) is 20.3. The SMILES string of the molecule is COCCN(CC(=O)N1N=C(c2ccc(OC)cc2)C[C@H]1c1ccccc1)C(=O)c1ccccc1F. The molecule has 0 saturated heterocycles. The van der Waals surface area contributed by atoms with E-state index in [0.717, 1.165) is 22.6 Å². The zero-order chi connectivity index (χ0) is 25.5. The van der Waals surface area contributed by atoms with E-state index < -0.39 is 11.7 Å². The Morgan fingerprint density at radius 1 is 1.00 bits per heavy atom. The average molecular weight is 490 g/mol. The van der Waals surface area contributed by atoms with Gasteiger partial charge in [-0.05, 0) is 47.5 Å². The molecule has 4 rings (SSSR count). The van der Waals surface area contributed by atoms with Crippen molar-refractivity contribution < 1.29 is 23.5 Å². The number of methoxy groups -OCH3 is 2. The minimum Gasteiger partial charge on any atom is -0.497 e. The van der Waals surface area contributed by atoms with Gasteiger partial charge < -0.3 is 14.4 Å². The van der Waals surface area contributed by atoms with Crippen molar-refractivity contribution >= 4 is 17.5 Å². The first kappa shape index (κ1) is 25.1. The molecule has 0 fully saturated rings. The standard InChI is InChI=1S/C28H28FN3O4/c1-35-17-16-31(28(34)23-10-6-7-11-24(23)29)19-27(33)32-26(21-8-4-3-5-9-21)18-25(30-32)20-12-14-22(36-2)15-13-20/h3-15,26H,16-19H2,1-2H3/t26-/m0/s1. The van der Waals surface area contributed by atoms with Crippen LogP contribution in [0.1, 0.15) is 33.9 Å². The number of halogens is 1. The summed E-state index contributed by atoms with van der Waals surface area (Å²) < 4.78 is 24.7. The maximum atomic E-state index is 14.3. The molecule has 1 heterocycles. The van der Waals surface area contributed by atoms with Crippen molar-refractivity contribution in [3.05, 3.63) is 101 Å². The van der Waals surface area contributed by atoms with E-state index >= 15 is 0 Å². The normalized spacial score (nSPS) is 14.9. The molecular formula is C28H28FN3O4. The van der Waals surface area contributed by atoms with Crippen molar-refractivity contribution in [2.75, 3.05) is 33.9 Å². The van der Waals surface area contributed by atoms with Gasteiger partial charge in [-0.3, -0.25) is 9.59 Å². The molecule has 7 nitrogen and oxygen atoms in total. The van der Waals surface area contributed by atoms with Crippen LogP contribution in [-0.2, 0) is 9.53 Å². The molecular weight excluding hydrogens is 461 g/mol. The number of ether oxygens (including phenoxy) is 2. The molecule has 186 valence electrons. The molecule has 2 amide bonds. The lowest BCUT2D eigenvalue weighted by Crippen LogP contribution is -2.43. The molecule has 0 aliphatic carbocycles. The van der Waals surface area contributed by atoms with Crippen LogP contribution in [0, 0.1) is 5.82 Å². The maximum Gasteiger partial charge on any atom is 0.262 e. The first-order valence-electron chi connectivity index (χ1n) is 11.6. The summed E-state index contributed by atoms with van der Waals surface area (Å²) in [7, 11) is 3.11. The van der Waals surface area contributed by atoms with Gasteiger partial charge in [0, 0.05) is 20.1 Å². The molecule has 3 aromatic rings. The number of rotatable bonds is 9. The molecule has 0 radical (unpaired) electrons. The third-order valence-electron chi connectivity index (χ3n) is 6.06. The molecule has 1 aliphatic rings. The lowest BCUT2D eigenvalue weighted by Gasteiger charge is -2.27. The van der Waals surface area contributed by atoms with Crippen molar-refractivity contribution in [2.24, 2.45) is 5.10 Å². The fraction of sp³-hybridized carbons (Fsp3) is 0.250. The highest BCUT2D eigenvalue weighted by Crippen LogP contribution is 2.33.